The minimum absolute atomic E-state index is 0.0142. The van der Waals surface area contributed by atoms with Crippen molar-refractivity contribution in [2.24, 2.45) is 33.9 Å². The number of amides is 2. The summed E-state index contributed by atoms with van der Waals surface area (Å²) >= 11 is 1.52. The zero-order chi connectivity index (χ0) is 30.7. The molecule has 4 aliphatic rings. The molecule has 5 rings (SSSR count). The van der Waals surface area contributed by atoms with Gasteiger partial charge in [0.25, 0.3) is 5.96 Å². The molecule has 6 atom stereocenters. The van der Waals surface area contributed by atoms with Gasteiger partial charge in [-0.15, -0.1) is 0 Å². The van der Waals surface area contributed by atoms with E-state index in [1.165, 1.54) is 17.4 Å². The Morgan fingerprint density at radius 3 is 2.71 bits per heavy atom. The number of aliphatic imine (C=N–C) groups is 1. The van der Waals surface area contributed by atoms with Gasteiger partial charge in [-0.05, 0) is 90.7 Å². The number of nitrogens with one attached hydrogen (secondary N) is 3. The molecule has 0 spiro atoms. The summed E-state index contributed by atoms with van der Waals surface area (Å²) in [5.74, 6) is -0.222. The molecular formula is C28H43BN6O6S. The molecule has 1 saturated heterocycles. The second kappa shape index (κ2) is 13.1. The molecule has 230 valence electrons. The number of nitrogens with zero attached hydrogens (tertiary/aromatic N) is 2. The first-order chi connectivity index (χ1) is 19.8. The molecule has 42 heavy (non-hydrogen) atoms. The molecule has 1 aliphatic heterocycles. The van der Waals surface area contributed by atoms with Crippen LogP contribution in [-0.2, 0) is 18.9 Å². The van der Waals surface area contributed by atoms with Crippen LogP contribution >= 0.6 is 11.3 Å². The van der Waals surface area contributed by atoms with Crippen molar-refractivity contribution < 1.29 is 23.9 Å². The molecule has 1 aromatic heterocycles. The van der Waals surface area contributed by atoms with Crippen LogP contribution in [0.15, 0.2) is 27.9 Å². The summed E-state index contributed by atoms with van der Waals surface area (Å²) < 4.78 is 13.2. The Morgan fingerprint density at radius 1 is 1.31 bits per heavy atom. The van der Waals surface area contributed by atoms with Crippen LogP contribution in [0.2, 0.25) is 0 Å². The van der Waals surface area contributed by atoms with Crippen molar-refractivity contribution in [2.45, 2.75) is 90.4 Å². The highest BCUT2D eigenvalue weighted by Crippen LogP contribution is 2.65. The first-order valence-electron chi connectivity index (χ1n) is 14.6. The second-order valence-corrected chi connectivity index (χ2v) is 13.6. The van der Waals surface area contributed by atoms with Gasteiger partial charge in [-0.2, -0.15) is 11.3 Å². The monoisotopic (exact) mass is 602 g/mol. The van der Waals surface area contributed by atoms with Gasteiger partial charge in [0.05, 0.1) is 17.6 Å². The maximum atomic E-state index is 13.7. The predicted molar refractivity (Wildman–Crippen MR) is 163 cm³/mol. The van der Waals surface area contributed by atoms with Crippen molar-refractivity contribution in [1.82, 2.24) is 16.1 Å². The molecular weight excluding hydrogens is 559 g/mol. The van der Waals surface area contributed by atoms with Crippen LogP contribution in [-0.4, -0.2) is 60.2 Å². The highest BCUT2D eigenvalue weighted by molar-refractivity contribution is 7.08. The Labute approximate surface area is 251 Å². The Balaban J connectivity index is 1.44. The fraction of sp³-hybridized carbons (Fsp3) is 0.679. The Hall–Kier alpha value is -2.97. The van der Waals surface area contributed by atoms with Crippen molar-refractivity contribution in [3.8, 4) is 0 Å². The van der Waals surface area contributed by atoms with Gasteiger partial charge in [0.1, 0.15) is 6.04 Å². The lowest BCUT2D eigenvalue weighted by molar-refractivity contribution is -0.525. The maximum Gasteiger partial charge on any atom is 0.481 e. The van der Waals surface area contributed by atoms with E-state index in [0.29, 0.717) is 24.7 Å². The Bertz CT molecular complexity index is 1190. The molecule has 4 fully saturated rings. The van der Waals surface area contributed by atoms with Gasteiger partial charge in [-0.1, -0.05) is 33.1 Å². The third-order valence-electron chi connectivity index (χ3n) is 9.09. The molecule has 2 bridgehead atoms. The van der Waals surface area contributed by atoms with Gasteiger partial charge < -0.3 is 25.7 Å². The van der Waals surface area contributed by atoms with E-state index in [1.54, 1.807) is 11.5 Å². The first-order valence-corrected chi connectivity index (χ1v) is 15.6. The molecule has 1 aromatic rings. The van der Waals surface area contributed by atoms with E-state index in [2.05, 4.69) is 50.2 Å². The van der Waals surface area contributed by atoms with Gasteiger partial charge in [0.15, 0.2) is 5.03 Å². The topological polar surface area (TPSA) is 170 Å². The number of carbonyl (C=O) groups excluding carboxylic acids is 2. The van der Waals surface area contributed by atoms with E-state index in [0.717, 1.165) is 18.4 Å². The zero-order valence-corrected chi connectivity index (χ0v) is 25.8. The fourth-order valence-corrected chi connectivity index (χ4v) is 7.38. The lowest BCUT2D eigenvalue weighted by Crippen LogP contribution is -2.65. The quantitative estimate of drug-likeness (QED) is 0.0508. The number of nitro groups is 1. The summed E-state index contributed by atoms with van der Waals surface area (Å²) in [7, 11) is -0.589. The zero-order valence-electron chi connectivity index (χ0n) is 25.0. The van der Waals surface area contributed by atoms with Gasteiger partial charge in [0, 0.05) is 12.6 Å². The fourth-order valence-electron chi connectivity index (χ4n) is 6.75. The number of guanidine groups is 1. The lowest BCUT2D eigenvalue weighted by Gasteiger charge is -2.64. The van der Waals surface area contributed by atoms with Gasteiger partial charge in [-0.3, -0.25) is 9.59 Å². The maximum absolute atomic E-state index is 13.7. The smallest absolute Gasteiger partial charge is 0.404 e. The summed E-state index contributed by atoms with van der Waals surface area (Å²) in [5.41, 5.74) is 7.98. The summed E-state index contributed by atoms with van der Waals surface area (Å²) in [6, 6.07) is 1.02. The average Bonchev–Trinajstić information content (AvgIpc) is 3.55. The minimum atomic E-state index is -0.870. The van der Waals surface area contributed by atoms with Crippen LogP contribution in [0, 0.1) is 33.3 Å². The summed E-state index contributed by atoms with van der Waals surface area (Å²) in [6.07, 6.45) is 6.40. The summed E-state index contributed by atoms with van der Waals surface area (Å²) in [5, 5.41) is 19.5. The molecule has 12 nitrogen and oxygen atoms in total. The first kappa shape index (κ1) is 32.0. The van der Waals surface area contributed by atoms with Crippen LogP contribution in [0.5, 0.6) is 0 Å². The number of hydrogen-bond acceptors (Lipinski definition) is 8. The molecule has 5 N–H and O–H groups in total. The van der Waals surface area contributed by atoms with Gasteiger partial charge in [-0.25, -0.2) is 15.1 Å². The number of rotatable bonds is 13. The molecule has 3 aliphatic carbocycles. The normalized spacial score (nSPS) is 27.7. The minimum Gasteiger partial charge on any atom is -0.404 e. The molecule has 0 unspecified atom stereocenters. The standard InChI is InChI=1S/C28H43BN6O6S/c1-17(2)13-23(29-40-22-15-19-14-21(27(19,3)4)28(22,5)41-29)33-25(37)20(7-6-11-31-26(30)34-35(38)39)32-24(36)9-8-18-10-12-42-16-18/h8-10,12,16-17,19-23H,6-7,11,13-15H2,1-5H3,(H,32,36)(H,33,37)(H3,30,31,34)/b9-8+/t19-,20+,21-,22-,23+,28+/m1/s1. The predicted octanol–water partition coefficient (Wildman–Crippen LogP) is 2.92. The summed E-state index contributed by atoms with van der Waals surface area (Å²) in [6.45, 7) is 11.1. The second-order valence-electron chi connectivity index (χ2n) is 12.8. The molecule has 0 aromatic carbocycles. The van der Waals surface area contributed by atoms with Crippen LogP contribution in [0.25, 0.3) is 6.08 Å². The van der Waals surface area contributed by atoms with E-state index in [9.17, 15) is 19.7 Å². The molecule has 0 radical (unpaired) electrons. The third kappa shape index (κ3) is 7.32. The van der Waals surface area contributed by atoms with E-state index in [4.69, 9.17) is 15.0 Å². The highest BCUT2D eigenvalue weighted by atomic mass is 32.1. The molecule has 2 amide bonds. The Morgan fingerprint density at radius 2 is 2.07 bits per heavy atom. The van der Waals surface area contributed by atoms with E-state index in [-0.39, 0.29) is 42.3 Å². The van der Waals surface area contributed by atoms with E-state index >= 15 is 0 Å². The highest BCUT2D eigenvalue weighted by Gasteiger charge is 2.68. The molecule has 14 heteroatoms. The molecule has 3 saturated carbocycles. The van der Waals surface area contributed by atoms with Crippen molar-refractivity contribution in [3.63, 3.8) is 0 Å². The van der Waals surface area contributed by atoms with E-state index < -0.39 is 35.6 Å². The van der Waals surface area contributed by atoms with Crippen molar-refractivity contribution in [2.75, 3.05) is 6.54 Å². The number of nitrogens with two attached hydrogens (primary N) is 1. The number of hydrogen-bond donors (Lipinski definition) is 4. The Kier molecular flexibility index (Phi) is 9.99. The largest absolute Gasteiger partial charge is 0.481 e. The third-order valence-corrected chi connectivity index (χ3v) is 9.79. The van der Waals surface area contributed by atoms with Crippen LogP contribution in [0.3, 0.4) is 0 Å². The van der Waals surface area contributed by atoms with Crippen LogP contribution in [0.1, 0.15) is 72.3 Å². The van der Waals surface area contributed by atoms with Gasteiger partial charge >= 0.3 is 7.12 Å². The van der Waals surface area contributed by atoms with Crippen LogP contribution in [0.4, 0.5) is 0 Å². The number of thiophene rings is 1. The van der Waals surface area contributed by atoms with Gasteiger partial charge in [0.2, 0.25) is 11.8 Å². The number of hydrazine groups is 1. The van der Waals surface area contributed by atoms with Crippen molar-refractivity contribution >= 4 is 42.3 Å². The van der Waals surface area contributed by atoms with Crippen molar-refractivity contribution in [1.29, 1.82) is 0 Å². The van der Waals surface area contributed by atoms with Crippen molar-refractivity contribution in [3.05, 3.63) is 38.6 Å². The summed E-state index contributed by atoms with van der Waals surface area (Å²) in [4.78, 5) is 41.0. The van der Waals surface area contributed by atoms with E-state index in [1.807, 2.05) is 16.8 Å². The molecule has 2 heterocycles. The SMILES string of the molecule is CC(C)C[C@H](NC(=O)[C@H](CCCN=C(N)N[N+](=O)[O-])NC(=O)/C=C/c1ccsc1)B1O[C@@H]2C[C@H]3C[C@H](C3(C)C)[C@]2(C)O1. The average molecular weight is 603 g/mol. The van der Waals surface area contributed by atoms with Crippen LogP contribution < -0.4 is 21.8 Å². The number of carbonyl (C=O) groups is 2. The lowest BCUT2D eigenvalue weighted by atomic mass is 9.43.